The summed E-state index contributed by atoms with van der Waals surface area (Å²) in [6.07, 6.45) is 4.18. The van der Waals surface area contributed by atoms with Crippen LogP contribution in [0.2, 0.25) is 0 Å². The fourth-order valence-corrected chi connectivity index (χ4v) is 9.01. The van der Waals surface area contributed by atoms with Crippen LogP contribution >= 0.6 is 0 Å². The molecule has 3 heterocycles. The number of carbonyl (C=O) groups is 4. The quantitative estimate of drug-likeness (QED) is 0.0784. The lowest BCUT2D eigenvalue weighted by atomic mass is 9.90. The molecule has 6 atom stereocenters. The van der Waals surface area contributed by atoms with E-state index in [1.54, 1.807) is 9.80 Å². The van der Waals surface area contributed by atoms with Gasteiger partial charge in [-0.2, -0.15) is 0 Å². The molecule has 0 saturated heterocycles. The standard InChI is InChI=1S/C50H60N8O6/c1-11-22-57(47(59)42(27(4)5)55-49(61)63-9)30(8)46-52-39-21-17-35-24-33(15-19-37(35)45(39)54-46)32-14-18-36-34(23-32)16-20-38-44(36)53-41(51-38)26-58-40(28(6)12-2)25-31(13-3)29(7)43(48(58)60)56-50(62)64-10/h12,14-21,23-25,27-30,40,42-43H,2,11,13,22,26H2,1,3-10H3,(H,51,53)(H,52,54)(H,55,61)(H,56,62)/t28-,29?,30-,40-,42-,43-/m0/s1. The minimum Gasteiger partial charge on any atom is -0.453 e. The smallest absolute Gasteiger partial charge is 0.407 e. The van der Waals surface area contributed by atoms with Crippen molar-refractivity contribution in [3.8, 4) is 11.1 Å². The molecule has 6 aromatic rings. The molecule has 4 amide bonds. The molecule has 0 spiro atoms. The Morgan fingerprint density at radius 3 is 2.05 bits per heavy atom. The first-order valence-electron chi connectivity index (χ1n) is 22.2. The van der Waals surface area contributed by atoms with Gasteiger partial charge in [0.2, 0.25) is 11.8 Å². The highest BCUT2D eigenvalue weighted by atomic mass is 16.5. The molecule has 0 saturated carbocycles. The Kier molecular flexibility index (Phi) is 13.4. The lowest BCUT2D eigenvalue weighted by Gasteiger charge is -2.33. The topological polar surface area (TPSA) is 175 Å². The molecule has 0 bridgehead atoms. The first-order chi connectivity index (χ1) is 30.7. The number of amides is 4. The van der Waals surface area contributed by atoms with Crippen molar-refractivity contribution in [3.05, 3.63) is 96.6 Å². The molecule has 4 aromatic carbocycles. The van der Waals surface area contributed by atoms with Crippen molar-refractivity contribution < 1.29 is 28.7 Å². The van der Waals surface area contributed by atoms with Gasteiger partial charge in [-0.25, -0.2) is 19.6 Å². The van der Waals surface area contributed by atoms with Gasteiger partial charge in [0.15, 0.2) is 0 Å². The number of imidazole rings is 2. The summed E-state index contributed by atoms with van der Waals surface area (Å²) in [5.74, 6) is 0.474. The number of methoxy groups -OCH3 is 2. The van der Waals surface area contributed by atoms with Gasteiger partial charge in [-0.05, 0) is 77.8 Å². The van der Waals surface area contributed by atoms with Crippen molar-refractivity contribution in [2.45, 2.75) is 92.0 Å². The molecular weight excluding hydrogens is 809 g/mol. The third-order valence-electron chi connectivity index (χ3n) is 12.8. The second-order valence-electron chi connectivity index (χ2n) is 17.2. The van der Waals surface area contributed by atoms with Gasteiger partial charge in [0.25, 0.3) is 0 Å². The minimum atomic E-state index is -0.800. The largest absolute Gasteiger partial charge is 0.453 e. The summed E-state index contributed by atoms with van der Waals surface area (Å²) >= 11 is 0. The van der Waals surface area contributed by atoms with Crippen LogP contribution < -0.4 is 10.6 Å². The van der Waals surface area contributed by atoms with Gasteiger partial charge in [-0.3, -0.25) is 9.59 Å². The van der Waals surface area contributed by atoms with Crippen LogP contribution in [0.3, 0.4) is 0 Å². The van der Waals surface area contributed by atoms with Crippen LogP contribution in [-0.4, -0.2) is 92.6 Å². The van der Waals surface area contributed by atoms with E-state index in [-0.39, 0.29) is 48.2 Å². The summed E-state index contributed by atoms with van der Waals surface area (Å²) in [4.78, 5) is 73.4. The Labute approximate surface area is 373 Å². The Balaban J connectivity index is 1.17. The summed E-state index contributed by atoms with van der Waals surface area (Å²) in [6, 6.07) is 18.7. The van der Waals surface area contributed by atoms with Crippen LogP contribution in [0.4, 0.5) is 9.59 Å². The number of rotatable bonds is 14. The van der Waals surface area contributed by atoms with E-state index in [0.29, 0.717) is 18.2 Å². The van der Waals surface area contributed by atoms with Gasteiger partial charge >= 0.3 is 12.2 Å². The van der Waals surface area contributed by atoms with Gasteiger partial charge in [0.1, 0.15) is 23.7 Å². The zero-order valence-corrected chi connectivity index (χ0v) is 38.2. The molecule has 0 aliphatic carbocycles. The highest BCUT2D eigenvalue weighted by Crippen LogP contribution is 2.35. The van der Waals surface area contributed by atoms with Crippen molar-refractivity contribution >= 4 is 67.6 Å². The van der Waals surface area contributed by atoms with Gasteiger partial charge in [0, 0.05) is 23.2 Å². The average molecular weight is 869 g/mol. The molecule has 1 unspecified atom stereocenters. The number of nitrogens with one attached hydrogen (secondary N) is 4. The molecule has 14 nitrogen and oxygen atoms in total. The number of alkyl carbamates (subject to hydrolysis) is 2. The van der Waals surface area contributed by atoms with Crippen LogP contribution in [0.1, 0.15) is 79.0 Å². The van der Waals surface area contributed by atoms with Crippen LogP contribution in [0.25, 0.3) is 54.7 Å². The van der Waals surface area contributed by atoms with Crippen LogP contribution in [0.5, 0.6) is 0 Å². The Morgan fingerprint density at radius 1 is 0.875 bits per heavy atom. The molecule has 14 heteroatoms. The predicted octanol–water partition coefficient (Wildman–Crippen LogP) is 9.32. The molecule has 336 valence electrons. The third kappa shape index (κ3) is 8.78. The summed E-state index contributed by atoms with van der Waals surface area (Å²) < 4.78 is 9.72. The van der Waals surface area contributed by atoms with E-state index in [4.69, 9.17) is 19.4 Å². The fraction of sp³-hybridized carbons (Fsp3) is 0.400. The number of ether oxygens (including phenoxy) is 2. The van der Waals surface area contributed by atoms with Crippen molar-refractivity contribution in [3.63, 3.8) is 0 Å². The summed E-state index contributed by atoms with van der Waals surface area (Å²) in [5, 5.41) is 9.53. The van der Waals surface area contributed by atoms with Gasteiger partial charge in [-0.15, -0.1) is 6.58 Å². The van der Waals surface area contributed by atoms with E-state index in [2.05, 4.69) is 88.7 Å². The second kappa shape index (κ2) is 19.0. The highest BCUT2D eigenvalue weighted by molar-refractivity contribution is 6.07. The molecule has 0 radical (unpaired) electrons. The SMILES string of the molecule is C=C[C@H](C)[C@@H]1C=C(CC)C(C)[C@H](NC(=O)OC)C(=O)N1Cc1nc2c(ccc3cc(-c4ccc5c(ccc6[nH]c([C@H](C)N(CCC)C(=O)[C@@H](NC(=O)OC)C(C)C)nc65)c4)ccc32)[nH]1. The number of H-pyrrole nitrogens is 2. The molecule has 1 aliphatic rings. The monoisotopic (exact) mass is 868 g/mol. The number of hydrogen-bond acceptors (Lipinski definition) is 8. The Hall–Kier alpha value is -6.70. The van der Waals surface area contributed by atoms with Gasteiger partial charge in [0.05, 0.1) is 54.9 Å². The zero-order chi connectivity index (χ0) is 46.0. The molecule has 0 fully saturated rings. The first kappa shape index (κ1) is 45.3. The van der Waals surface area contributed by atoms with Crippen molar-refractivity contribution in [1.82, 2.24) is 40.4 Å². The third-order valence-corrected chi connectivity index (χ3v) is 12.8. The lowest BCUT2D eigenvalue weighted by Crippen LogP contribution is -2.53. The lowest BCUT2D eigenvalue weighted by molar-refractivity contribution is -0.137. The van der Waals surface area contributed by atoms with Crippen molar-refractivity contribution in [2.75, 3.05) is 20.8 Å². The van der Waals surface area contributed by atoms with E-state index in [0.717, 1.165) is 73.2 Å². The maximum Gasteiger partial charge on any atom is 0.407 e. The van der Waals surface area contributed by atoms with Crippen LogP contribution in [0, 0.1) is 17.8 Å². The van der Waals surface area contributed by atoms with Gasteiger partial charge in [-0.1, -0.05) is 95.7 Å². The molecule has 1 aliphatic heterocycles. The number of benzene rings is 4. The highest BCUT2D eigenvalue weighted by Gasteiger charge is 2.40. The van der Waals surface area contributed by atoms with Crippen molar-refractivity contribution in [1.29, 1.82) is 0 Å². The Morgan fingerprint density at radius 2 is 1.48 bits per heavy atom. The molecule has 2 aromatic heterocycles. The van der Waals surface area contributed by atoms with E-state index >= 15 is 0 Å². The van der Waals surface area contributed by atoms with Crippen LogP contribution in [0.15, 0.2) is 85.0 Å². The molecule has 4 N–H and O–H groups in total. The maximum atomic E-state index is 14.3. The first-order valence-corrected chi connectivity index (χ1v) is 22.2. The number of aromatic nitrogens is 4. The van der Waals surface area contributed by atoms with Crippen molar-refractivity contribution in [2.24, 2.45) is 17.8 Å². The van der Waals surface area contributed by atoms with E-state index in [9.17, 15) is 19.2 Å². The Bertz CT molecular complexity index is 2770. The van der Waals surface area contributed by atoms with E-state index in [1.807, 2.05) is 59.8 Å². The van der Waals surface area contributed by atoms with E-state index in [1.165, 1.54) is 14.2 Å². The maximum absolute atomic E-state index is 14.3. The normalized spacial score (nSPS) is 18.2. The molecule has 64 heavy (non-hydrogen) atoms. The number of aromatic amines is 2. The summed E-state index contributed by atoms with van der Waals surface area (Å²) in [5.41, 5.74) is 6.52. The summed E-state index contributed by atoms with van der Waals surface area (Å²) in [7, 11) is 2.58. The van der Waals surface area contributed by atoms with Gasteiger partial charge < -0.3 is 39.9 Å². The second-order valence-corrected chi connectivity index (χ2v) is 17.2. The summed E-state index contributed by atoms with van der Waals surface area (Å²) in [6.45, 7) is 18.6. The minimum absolute atomic E-state index is 0.0552. The average Bonchev–Trinajstić information content (AvgIpc) is 3.92. The number of carbonyl (C=O) groups excluding carboxylic acids is 4. The fourth-order valence-electron chi connectivity index (χ4n) is 9.01. The number of nitrogens with zero attached hydrogens (tertiary/aromatic N) is 4. The predicted molar refractivity (Wildman–Crippen MR) is 251 cm³/mol. The number of fused-ring (bicyclic) bond motifs is 6. The molecule has 7 rings (SSSR count). The van der Waals surface area contributed by atoms with Crippen LogP contribution in [-0.2, 0) is 25.6 Å². The molecular formula is C50H60N8O6. The number of hydrogen-bond donors (Lipinski definition) is 4. The van der Waals surface area contributed by atoms with E-state index < -0.39 is 24.3 Å². The zero-order valence-electron chi connectivity index (χ0n) is 38.2.